The second kappa shape index (κ2) is 5.38. The zero-order chi connectivity index (χ0) is 13.3. The summed E-state index contributed by atoms with van der Waals surface area (Å²) in [5.74, 6) is 0. The third kappa shape index (κ3) is 2.39. The van der Waals surface area contributed by atoms with Gasteiger partial charge in [0.1, 0.15) is 0 Å². The Balaban J connectivity index is 2.37. The number of nitrogens with two attached hydrogens (primary N) is 1. The lowest BCUT2D eigenvalue weighted by molar-refractivity contribution is 0.123. The summed E-state index contributed by atoms with van der Waals surface area (Å²) in [6, 6.07) is 5.52. The summed E-state index contributed by atoms with van der Waals surface area (Å²) in [6.45, 7) is 0. The lowest BCUT2D eigenvalue weighted by atomic mass is 9.83. The van der Waals surface area contributed by atoms with Crippen LogP contribution in [0.3, 0.4) is 0 Å². The molecule has 2 N–H and O–H groups in total. The van der Waals surface area contributed by atoms with Crippen LogP contribution in [0.25, 0.3) is 0 Å². The molecule has 1 fully saturated rings. The highest BCUT2D eigenvalue weighted by Crippen LogP contribution is 2.43. The van der Waals surface area contributed by atoms with Gasteiger partial charge in [0.25, 0.3) is 0 Å². The van der Waals surface area contributed by atoms with Crippen LogP contribution in [0.2, 0.25) is 10.0 Å². The molecule has 4 heteroatoms. The molecule has 100 valence electrons. The Labute approximate surface area is 119 Å². The van der Waals surface area contributed by atoms with Crippen molar-refractivity contribution < 1.29 is 0 Å². The summed E-state index contributed by atoms with van der Waals surface area (Å²) in [7, 11) is 4.21. The Bertz CT molecular complexity index is 426. The molecular formula is C14H20Cl2N2. The number of halogens is 2. The fourth-order valence-corrected chi connectivity index (χ4v) is 3.59. The van der Waals surface area contributed by atoms with E-state index in [0.29, 0.717) is 10.0 Å². The van der Waals surface area contributed by atoms with Crippen LogP contribution >= 0.6 is 23.2 Å². The summed E-state index contributed by atoms with van der Waals surface area (Å²) < 4.78 is 0. The molecule has 1 aromatic carbocycles. The molecule has 0 heterocycles. The lowest BCUT2D eigenvalue weighted by Crippen LogP contribution is -2.50. The molecule has 0 saturated heterocycles. The molecule has 0 spiro atoms. The number of hydrogen-bond donors (Lipinski definition) is 1. The van der Waals surface area contributed by atoms with Crippen molar-refractivity contribution in [2.45, 2.75) is 37.3 Å². The van der Waals surface area contributed by atoms with E-state index in [1.165, 1.54) is 12.8 Å². The van der Waals surface area contributed by atoms with E-state index in [9.17, 15) is 0 Å². The van der Waals surface area contributed by atoms with Gasteiger partial charge in [0.05, 0.1) is 0 Å². The van der Waals surface area contributed by atoms with Crippen molar-refractivity contribution in [1.29, 1.82) is 0 Å². The largest absolute Gasteiger partial charge is 0.322 e. The van der Waals surface area contributed by atoms with E-state index in [-0.39, 0.29) is 11.6 Å². The standard InChI is InChI=1S/C14H20Cl2N2/c1-18(2)14(7-3-4-8-14)13(17)11-6-5-10(15)9-12(11)16/h5-6,9,13H,3-4,7-8,17H2,1-2H3. The van der Waals surface area contributed by atoms with Gasteiger partial charge in [0.15, 0.2) is 0 Å². The molecule has 0 radical (unpaired) electrons. The molecule has 18 heavy (non-hydrogen) atoms. The van der Waals surface area contributed by atoms with E-state index in [4.69, 9.17) is 28.9 Å². The molecule has 1 aliphatic rings. The molecule has 0 aromatic heterocycles. The Morgan fingerprint density at radius 3 is 2.33 bits per heavy atom. The van der Waals surface area contributed by atoms with Gasteiger partial charge in [-0.1, -0.05) is 42.1 Å². The second-order valence-electron chi connectivity index (χ2n) is 5.35. The molecule has 1 atom stereocenters. The summed E-state index contributed by atoms with van der Waals surface area (Å²) in [4.78, 5) is 2.26. The summed E-state index contributed by atoms with van der Waals surface area (Å²) in [5.41, 5.74) is 7.54. The highest BCUT2D eigenvalue weighted by Gasteiger charge is 2.42. The van der Waals surface area contributed by atoms with Gasteiger partial charge in [-0.2, -0.15) is 0 Å². The quantitative estimate of drug-likeness (QED) is 0.914. The van der Waals surface area contributed by atoms with Crippen molar-refractivity contribution in [3.8, 4) is 0 Å². The highest BCUT2D eigenvalue weighted by atomic mass is 35.5. The van der Waals surface area contributed by atoms with Crippen molar-refractivity contribution in [2.75, 3.05) is 14.1 Å². The fourth-order valence-electron chi connectivity index (χ4n) is 3.07. The van der Waals surface area contributed by atoms with Crippen LogP contribution in [0.4, 0.5) is 0 Å². The third-order valence-electron chi connectivity index (χ3n) is 4.24. The van der Waals surface area contributed by atoms with E-state index in [1.54, 1.807) is 6.07 Å². The van der Waals surface area contributed by atoms with Gasteiger partial charge >= 0.3 is 0 Å². The molecule has 1 saturated carbocycles. The number of benzene rings is 1. The van der Waals surface area contributed by atoms with Crippen LogP contribution in [0, 0.1) is 0 Å². The molecule has 2 rings (SSSR count). The van der Waals surface area contributed by atoms with E-state index >= 15 is 0 Å². The maximum atomic E-state index is 6.52. The van der Waals surface area contributed by atoms with Gasteiger partial charge in [-0.25, -0.2) is 0 Å². The van der Waals surface area contributed by atoms with Crippen LogP contribution in [-0.2, 0) is 0 Å². The van der Waals surface area contributed by atoms with Gasteiger partial charge in [-0.05, 0) is 44.6 Å². The molecule has 2 nitrogen and oxygen atoms in total. The second-order valence-corrected chi connectivity index (χ2v) is 6.19. The molecule has 0 aliphatic heterocycles. The fraction of sp³-hybridized carbons (Fsp3) is 0.571. The van der Waals surface area contributed by atoms with E-state index in [1.807, 2.05) is 12.1 Å². The predicted octanol–water partition coefficient (Wildman–Crippen LogP) is 3.87. The SMILES string of the molecule is CN(C)C1(C(N)c2ccc(Cl)cc2Cl)CCCC1. The van der Waals surface area contributed by atoms with Crippen LogP contribution in [0.5, 0.6) is 0 Å². The molecule has 1 unspecified atom stereocenters. The van der Waals surface area contributed by atoms with Crippen LogP contribution in [0.1, 0.15) is 37.3 Å². The normalized spacial score (nSPS) is 20.3. The number of nitrogens with zero attached hydrogens (tertiary/aromatic N) is 1. The van der Waals surface area contributed by atoms with Gasteiger partial charge in [-0.3, -0.25) is 0 Å². The van der Waals surface area contributed by atoms with Crippen LogP contribution in [0.15, 0.2) is 18.2 Å². The first kappa shape index (κ1) is 14.1. The maximum absolute atomic E-state index is 6.52. The molecule has 0 bridgehead atoms. The first-order valence-electron chi connectivity index (χ1n) is 6.35. The first-order chi connectivity index (χ1) is 8.47. The van der Waals surface area contributed by atoms with Crippen LogP contribution in [-0.4, -0.2) is 24.5 Å². The minimum absolute atomic E-state index is 0.0253. The summed E-state index contributed by atoms with van der Waals surface area (Å²) >= 11 is 12.2. The van der Waals surface area contributed by atoms with E-state index < -0.39 is 0 Å². The van der Waals surface area contributed by atoms with Crippen molar-refractivity contribution in [1.82, 2.24) is 4.90 Å². The smallest absolute Gasteiger partial charge is 0.0496 e. The zero-order valence-electron chi connectivity index (χ0n) is 10.9. The highest BCUT2D eigenvalue weighted by molar-refractivity contribution is 6.35. The minimum Gasteiger partial charge on any atom is -0.322 e. The van der Waals surface area contributed by atoms with Gasteiger partial charge in [0, 0.05) is 21.6 Å². The Hall–Kier alpha value is -0.280. The maximum Gasteiger partial charge on any atom is 0.0496 e. The molecule has 0 amide bonds. The van der Waals surface area contributed by atoms with Crippen molar-refractivity contribution in [2.24, 2.45) is 5.73 Å². The van der Waals surface area contributed by atoms with E-state index in [2.05, 4.69) is 19.0 Å². The number of rotatable bonds is 3. The van der Waals surface area contributed by atoms with Crippen molar-refractivity contribution in [3.05, 3.63) is 33.8 Å². The number of likely N-dealkylation sites (N-methyl/N-ethyl adjacent to an activating group) is 1. The molecular weight excluding hydrogens is 267 g/mol. The Morgan fingerprint density at radius 1 is 1.22 bits per heavy atom. The predicted molar refractivity (Wildman–Crippen MR) is 78.3 cm³/mol. The minimum atomic E-state index is -0.0697. The van der Waals surface area contributed by atoms with Gasteiger partial charge in [-0.15, -0.1) is 0 Å². The monoisotopic (exact) mass is 286 g/mol. The third-order valence-corrected chi connectivity index (χ3v) is 4.80. The molecule has 1 aromatic rings. The van der Waals surface area contributed by atoms with Crippen LogP contribution < -0.4 is 5.73 Å². The Kier molecular flexibility index (Phi) is 4.22. The Morgan fingerprint density at radius 2 is 1.83 bits per heavy atom. The molecule has 1 aliphatic carbocycles. The number of hydrogen-bond acceptors (Lipinski definition) is 2. The van der Waals surface area contributed by atoms with Gasteiger partial charge < -0.3 is 10.6 Å². The first-order valence-corrected chi connectivity index (χ1v) is 7.11. The van der Waals surface area contributed by atoms with Crippen molar-refractivity contribution in [3.63, 3.8) is 0 Å². The summed E-state index contributed by atoms with van der Waals surface area (Å²) in [6.07, 6.45) is 4.72. The average Bonchev–Trinajstić information content (AvgIpc) is 2.78. The summed E-state index contributed by atoms with van der Waals surface area (Å²) in [5, 5.41) is 1.32. The zero-order valence-corrected chi connectivity index (χ0v) is 12.4. The topological polar surface area (TPSA) is 29.3 Å². The van der Waals surface area contributed by atoms with E-state index in [0.717, 1.165) is 18.4 Å². The lowest BCUT2D eigenvalue weighted by Gasteiger charge is -2.42. The van der Waals surface area contributed by atoms with Gasteiger partial charge in [0.2, 0.25) is 0 Å². The average molecular weight is 287 g/mol. The van der Waals surface area contributed by atoms with Crippen molar-refractivity contribution >= 4 is 23.2 Å².